The van der Waals surface area contributed by atoms with Crippen molar-refractivity contribution >= 4 is 5.78 Å². The summed E-state index contributed by atoms with van der Waals surface area (Å²) in [5.41, 5.74) is 0. The standard InChI is InChI=1S/C7H11F3N2O/c8-7(9,10)6(13)5-2-1-3-12(11)4-5/h5H,1-4,11H2. The number of alkyl halides is 3. The maximum absolute atomic E-state index is 12.0. The summed E-state index contributed by atoms with van der Waals surface area (Å²) in [6.45, 7) is 0.569. The highest BCUT2D eigenvalue weighted by Gasteiger charge is 2.43. The molecule has 1 aliphatic heterocycles. The normalized spacial score (nSPS) is 26.0. The number of nitrogens with two attached hydrogens (primary N) is 1. The Morgan fingerprint density at radius 1 is 1.46 bits per heavy atom. The molecule has 0 saturated carbocycles. The van der Waals surface area contributed by atoms with Gasteiger partial charge in [0, 0.05) is 19.0 Å². The Hall–Kier alpha value is -0.620. The van der Waals surface area contributed by atoms with Crippen molar-refractivity contribution in [1.29, 1.82) is 0 Å². The Morgan fingerprint density at radius 2 is 2.08 bits per heavy atom. The topological polar surface area (TPSA) is 46.3 Å². The Bertz CT molecular complexity index is 204. The lowest BCUT2D eigenvalue weighted by atomic mass is 9.94. The van der Waals surface area contributed by atoms with Gasteiger partial charge in [0.25, 0.3) is 0 Å². The zero-order valence-electron chi connectivity index (χ0n) is 6.97. The number of halogens is 3. The third-order valence-electron chi connectivity index (χ3n) is 2.10. The molecule has 1 aliphatic rings. The Balaban J connectivity index is 2.56. The van der Waals surface area contributed by atoms with Gasteiger partial charge in [0.15, 0.2) is 0 Å². The van der Waals surface area contributed by atoms with Gasteiger partial charge in [-0.2, -0.15) is 13.2 Å². The van der Waals surface area contributed by atoms with Gasteiger partial charge in [-0.1, -0.05) is 0 Å². The van der Waals surface area contributed by atoms with E-state index in [9.17, 15) is 18.0 Å². The molecule has 13 heavy (non-hydrogen) atoms. The monoisotopic (exact) mass is 196 g/mol. The minimum atomic E-state index is -4.72. The molecule has 0 bridgehead atoms. The Morgan fingerprint density at radius 3 is 2.54 bits per heavy atom. The highest BCUT2D eigenvalue weighted by molar-refractivity contribution is 5.86. The first-order chi connectivity index (χ1) is 5.91. The molecule has 6 heteroatoms. The highest BCUT2D eigenvalue weighted by Crippen LogP contribution is 2.25. The Kier molecular flexibility index (Phi) is 2.92. The first kappa shape index (κ1) is 10.5. The molecule has 2 N–H and O–H groups in total. The number of hydrogen-bond donors (Lipinski definition) is 1. The SMILES string of the molecule is NN1CCCC(C(=O)C(F)(F)F)C1. The molecule has 0 aromatic heterocycles. The van der Waals surface area contributed by atoms with Crippen LogP contribution in [0.5, 0.6) is 0 Å². The van der Waals surface area contributed by atoms with E-state index in [1.807, 2.05) is 0 Å². The minimum absolute atomic E-state index is 0.0122. The van der Waals surface area contributed by atoms with Crippen LogP contribution in [-0.4, -0.2) is 30.1 Å². The average Bonchev–Trinajstić information content (AvgIpc) is 2.01. The third-order valence-corrected chi connectivity index (χ3v) is 2.10. The number of rotatable bonds is 1. The number of piperidine rings is 1. The van der Waals surface area contributed by atoms with Gasteiger partial charge >= 0.3 is 6.18 Å². The van der Waals surface area contributed by atoms with Crippen molar-refractivity contribution in [2.45, 2.75) is 19.0 Å². The number of carbonyl (C=O) groups excluding carboxylic acids is 1. The second-order valence-electron chi connectivity index (χ2n) is 3.20. The summed E-state index contributed by atoms with van der Waals surface area (Å²) in [6, 6.07) is 0. The molecular formula is C7H11F3N2O. The molecule has 0 aliphatic carbocycles. The summed E-state index contributed by atoms with van der Waals surface area (Å²) >= 11 is 0. The van der Waals surface area contributed by atoms with E-state index in [4.69, 9.17) is 5.84 Å². The molecule has 1 saturated heterocycles. The average molecular weight is 196 g/mol. The maximum Gasteiger partial charge on any atom is 0.450 e. The van der Waals surface area contributed by atoms with Gasteiger partial charge in [0.2, 0.25) is 5.78 Å². The lowest BCUT2D eigenvalue weighted by molar-refractivity contribution is -0.177. The number of carbonyl (C=O) groups is 1. The van der Waals surface area contributed by atoms with Crippen molar-refractivity contribution in [3.05, 3.63) is 0 Å². The van der Waals surface area contributed by atoms with E-state index in [2.05, 4.69) is 0 Å². The molecule has 1 rings (SSSR count). The van der Waals surface area contributed by atoms with Crippen LogP contribution in [0.4, 0.5) is 13.2 Å². The summed E-state index contributed by atoms with van der Waals surface area (Å²) in [4.78, 5) is 10.8. The van der Waals surface area contributed by atoms with E-state index in [1.54, 1.807) is 0 Å². The predicted molar refractivity (Wildman–Crippen MR) is 39.5 cm³/mol. The first-order valence-corrected chi connectivity index (χ1v) is 4.02. The second-order valence-corrected chi connectivity index (χ2v) is 3.20. The largest absolute Gasteiger partial charge is 0.450 e. The van der Waals surface area contributed by atoms with Crippen molar-refractivity contribution in [2.24, 2.45) is 11.8 Å². The van der Waals surface area contributed by atoms with Gasteiger partial charge in [-0.15, -0.1) is 0 Å². The minimum Gasteiger partial charge on any atom is -0.289 e. The van der Waals surface area contributed by atoms with Gasteiger partial charge in [0.05, 0.1) is 0 Å². The number of ketones is 1. The fraction of sp³-hybridized carbons (Fsp3) is 0.857. The molecular weight excluding hydrogens is 185 g/mol. The maximum atomic E-state index is 12.0. The van der Waals surface area contributed by atoms with Gasteiger partial charge in [0.1, 0.15) is 0 Å². The molecule has 0 amide bonds. The summed E-state index contributed by atoms with van der Waals surface area (Å²) < 4.78 is 35.9. The zero-order chi connectivity index (χ0) is 10.1. The van der Waals surface area contributed by atoms with Crippen LogP contribution in [0.2, 0.25) is 0 Å². The van der Waals surface area contributed by atoms with Gasteiger partial charge in [-0.3, -0.25) is 10.6 Å². The number of hydrazine groups is 1. The highest BCUT2D eigenvalue weighted by atomic mass is 19.4. The van der Waals surface area contributed by atoms with Crippen LogP contribution < -0.4 is 5.84 Å². The van der Waals surface area contributed by atoms with Crippen LogP contribution in [-0.2, 0) is 4.79 Å². The number of hydrogen-bond acceptors (Lipinski definition) is 3. The third kappa shape index (κ3) is 2.67. The van der Waals surface area contributed by atoms with E-state index in [1.165, 1.54) is 5.01 Å². The van der Waals surface area contributed by atoms with Crippen LogP contribution in [0.15, 0.2) is 0 Å². The first-order valence-electron chi connectivity index (χ1n) is 4.02. The predicted octanol–water partition coefficient (Wildman–Crippen LogP) is 0.703. The second kappa shape index (κ2) is 3.63. The molecule has 0 aromatic rings. The molecule has 3 nitrogen and oxygen atoms in total. The van der Waals surface area contributed by atoms with Crippen LogP contribution in [0.25, 0.3) is 0 Å². The van der Waals surface area contributed by atoms with E-state index < -0.39 is 17.9 Å². The van der Waals surface area contributed by atoms with Crippen molar-refractivity contribution in [3.63, 3.8) is 0 Å². The molecule has 0 radical (unpaired) electrons. The molecule has 1 unspecified atom stereocenters. The molecule has 0 aromatic carbocycles. The van der Waals surface area contributed by atoms with Crippen LogP contribution in [0.1, 0.15) is 12.8 Å². The van der Waals surface area contributed by atoms with Crippen LogP contribution in [0.3, 0.4) is 0 Å². The van der Waals surface area contributed by atoms with E-state index >= 15 is 0 Å². The van der Waals surface area contributed by atoms with Gasteiger partial charge in [-0.25, -0.2) is 5.01 Å². The van der Waals surface area contributed by atoms with E-state index in [-0.39, 0.29) is 13.0 Å². The summed E-state index contributed by atoms with van der Waals surface area (Å²) in [5, 5.41) is 1.26. The van der Waals surface area contributed by atoms with E-state index in [0.717, 1.165) is 0 Å². The van der Waals surface area contributed by atoms with Gasteiger partial charge in [-0.05, 0) is 12.8 Å². The molecule has 76 valence electrons. The Labute approximate surface area is 73.7 Å². The number of Topliss-reactive ketones (excluding diaryl/α,β-unsaturated/α-hetero) is 1. The summed E-state index contributed by atoms with van der Waals surface area (Å²) in [5.74, 6) is 2.70. The van der Waals surface area contributed by atoms with Crippen molar-refractivity contribution in [3.8, 4) is 0 Å². The van der Waals surface area contributed by atoms with Crippen molar-refractivity contribution in [1.82, 2.24) is 5.01 Å². The molecule has 1 atom stereocenters. The van der Waals surface area contributed by atoms with Crippen LogP contribution in [0, 0.1) is 5.92 Å². The zero-order valence-corrected chi connectivity index (χ0v) is 6.97. The summed E-state index contributed by atoms with van der Waals surface area (Å²) in [6.07, 6.45) is -3.89. The fourth-order valence-corrected chi connectivity index (χ4v) is 1.45. The van der Waals surface area contributed by atoms with Gasteiger partial charge < -0.3 is 0 Å². The van der Waals surface area contributed by atoms with Crippen LogP contribution >= 0.6 is 0 Å². The number of nitrogens with zero attached hydrogens (tertiary/aromatic N) is 1. The molecule has 0 spiro atoms. The van der Waals surface area contributed by atoms with Crippen molar-refractivity contribution in [2.75, 3.05) is 13.1 Å². The molecule has 1 fully saturated rings. The quantitative estimate of drug-likeness (QED) is 0.628. The summed E-state index contributed by atoms with van der Waals surface area (Å²) in [7, 11) is 0. The van der Waals surface area contributed by atoms with E-state index in [0.29, 0.717) is 13.0 Å². The lowest BCUT2D eigenvalue weighted by Gasteiger charge is -2.28. The smallest absolute Gasteiger partial charge is 0.289 e. The van der Waals surface area contributed by atoms with Crippen molar-refractivity contribution < 1.29 is 18.0 Å². The lowest BCUT2D eigenvalue weighted by Crippen LogP contribution is -2.45. The molecule has 1 heterocycles. The fourth-order valence-electron chi connectivity index (χ4n) is 1.45.